The number of carbonyl (C=O) groups excluding carboxylic acids is 1. The van der Waals surface area contributed by atoms with Crippen molar-refractivity contribution in [3.05, 3.63) is 71.2 Å². The first kappa shape index (κ1) is 29.1. The summed E-state index contributed by atoms with van der Waals surface area (Å²) in [6.45, 7) is 6.56. The zero-order valence-electron chi connectivity index (χ0n) is 20.5. The number of likely N-dealkylation sites (tertiary alicyclic amines) is 2. The summed E-state index contributed by atoms with van der Waals surface area (Å²) in [5.74, 6) is -4.73. The van der Waals surface area contributed by atoms with Crippen LogP contribution in [0.4, 0.5) is 32.0 Å². The van der Waals surface area contributed by atoms with Gasteiger partial charge in [-0.25, -0.2) is 0 Å². The Morgan fingerprint density at radius 1 is 1.03 bits per heavy atom. The van der Waals surface area contributed by atoms with E-state index in [1.807, 2.05) is 0 Å². The second-order valence-electron chi connectivity index (χ2n) is 9.74. The number of alkyl halides is 6. The number of β-amino-alcohol motifs (C(OH)–C–C–N with tert-alkyl or cyclic N) is 1. The number of benzene rings is 1. The van der Waals surface area contributed by atoms with Gasteiger partial charge in [-0.3, -0.25) is 4.79 Å². The molecule has 2 aliphatic rings. The average Bonchev–Trinajstić information content (AvgIpc) is 3.53. The minimum Gasteiger partial charge on any atom is -0.459 e. The molecule has 1 amide bonds. The molecule has 0 radical (unpaired) electrons. The van der Waals surface area contributed by atoms with Crippen molar-refractivity contribution in [2.45, 2.75) is 37.3 Å². The highest BCUT2D eigenvalue weighted by atomic mass is 79.9. The van der Waals surface area contributed by atoms with Gasteiger partial charge in [0.1, 0.15) is 0 Å². The van der Waals surface area contributed by atoms with Gasteiger partial charge >= 0.3 is 12.4 Å². The lowest BCUT2D eigenvalue weighted by Gasteiger charge is -2.41. The van der Waals surface area contributed by atoms with E-state index in [-0.39, 0.29) is 30.0 Å². The molecule has 0 aliphatic carbocycles. The van der Waals surface area contributed by atoms with Gasteiger partial charge < -0.3 is 24.6 Å². The Labute approximate surface area is 229 Å². The molecule has 3 heterocycles. The summed E-state index contributed by atoms with van der Waals surface area (Å²) in [6.07, 6.45) is -9.98. The Hall–Kier alpha value is -2.93. The number of aliphatic hydroxyl groups is 1. The number of hydrogen-bond acceptors (Lipinski definition) is 5. The third kappa shape index (κ3) is 6.46. The summed E-state index contributed by atoms with van der Waals surface area (Å²) in [6, 6.07) is 7.11. The number of rotatable bonds is 6. The fourth-order valence-corrected chi connectivity index (χ4v) is 5.36. The maximum Gasteiger partial charge on any atom is 0.393 e. The zero-order chi connectivity index (χ0) is 28.7. The van der Waals surface area contributed by atoms with Gasteiger partial charge in [0.15, 0.2) is 5.76 Å². The minimum atomic E-state index is -4.80. The molecule has 2 fully saturated rings. The Morgan fingerprint density at radius 2 is 1.67 bits per heavy atom. The number of hydrogen-bond donors (Lipinski definition) is 2. The summed E-state index contributed by atoms with van der Waals surface area (Å²) >= 11 is 3.30. The molecule has 0 saturated carbocycles. The third-order valence-corrected chi connectivity index (χ3v) is 7.51. The highest BCUT2D eigenvalue weighted by Crippen LogP contribution is 2.44. The fourth-order valence-electron chi connectivity index (χ4n) is 5.00. The molecule has 2 aliphatic heterocycles. The Morgan fingerprint density at radius 3 is 2.23 bits per heavy atom. The van der Waals surface area contributed by atoms with Crippen LogP contribution in [0.5, 0.6) is 0 Å². The van der Waals surface area contributed by atoms with Gasteiger partial charge in [0.25, 0.3) is 5.91 Å². The van der Waals surface area contributed by atoms with Gasteiger partial charge in [0, 0.05) is 53.2 Å². The van der Waals surface area contributed by atoms with Crippen molar-refractivity contribution in [1.82, 2.24) is 9.80 Å². The van der Waals surface area contributed by atoms with Gasteiger partial charge in [-0.1, -0.05) is 29.1 Å². The van der Waals surface area contributed by atoms with E-state index >= 15 is 0 Å². The highest BCUT2D eigenvalue weighted by Gasteiger charge is 2.52. The van der Waals surface area contributed by atoms with Crippen LogP contribution in [0, 0.1) is 11.8 Å². The molecule has 4 rings (SSSR count). The number of carbonyl (C=O) groups is 1. The Balaban J connectivity index is 1.59. The Kier molecular flexibility index (Phi) is 8.13. The molecule has 4 atom stereocenters. The molecule has 13 heteroatoms. The number of furan rings is 1. The second kappa shape index (κ2) is 10.9. The summed E-state index contributed by atoms with van der Waals surface area (Å²) < 4.78 is 87.0. The number of aliphatic hydroxyl groups excluding tert-OH is 1. The van der Waals surface area contributed by atoms with Crippen molar-refractivity contribution in [2.75, 3.05) is 25.0 Å². The van der Waals surface area contributed by atoms with Crippen molar-refractivity contribution < 1.29 is 40.7 Å². The van der Waals surface area contributed by atoms with E-state index in [1.165, 1.54) is 23.3 Å². The van der Waals surface area contributed by atoms with E-state index in [0.29, 0.717) is 15.9 Å². The average molecular weight is 622 g/mol. The number of nitrogens with zero attached hydrogens (tertiary/aromatic N) is 2. The lowest BCUT2D eigenvalue weighted by molar-refractivity contribution is -0.226. The first-order valence-corrected chi connectivity index (χ1v) is 12.8. The van der Waals surface area contributed by atoms with Crippen molar-refractivity contribution in [3.8, 4) is 0 Å². The molecule has 2 aromatic rings. The molecule has 1 aromatic carbocycles. The molecule has 212 valence electrons. The lowest BCUT2D eigenvalue weighted by Crippen LogP contribution is -2.48. The minimum absolute atomic E-state index is 0.0234. The van der Waals surface area contributed by atoms with Crippen LogP contribution < -0.4 is 5.32 Å². The van der Waals surface area contributed by atoms with Gasteiger partial charge in [-0.05, 0) is 36.8 Å². The molecule has 2 saturated heterocycles. The number of nitrogens with one attached hydrogen (secondary N) is 1. The normalized spacial score (nSPS) is 24.1. The predicted molar refractivity (Wildman–Crippen MR) is 135 cm³/mol. The van der Waals surface area contributed by atoms with Crippen molar-refractivity contribution in [3.63, 3.8) is 0 Å². The Bertz CT molecular complexity index is 1210. The SMILES string of the molecule is C=C(Nc1ccc(Br)cc1C(=C)N1CC(C(F)(F)F)C[C@H](C(F)(F)F)C1)C1CC(O)CN1C(=O)c1ccco1. The second-order valence-corrected chi connectivity index (χ2v) is 10.7. The maximum atomic E-state index is 13.6. The van der Waals surface area contributed by atoms with Crippen molar-refractivity contribution in [2.24, 2.45) is 11.8 Å². The van der Waals surface area contributed by atoms with Crippen LogP contribution in [0.15, 0.2) is 64.3 Å². The van der Waals surface area contributed by atoms with Gasteiger partial charge in [-0.2, -0.15) is 26.3 Å². The highest BCUT2D eigenvalue weighted by molar-refractivity contribution is 9.10. The zero-order valence-corrected chi connectivity index (χ0v) is 22.1. The van der Waals surface area contributed by atoms with E-state index in [1.54, 1.807) is 18.2 Å². The number of amides is 1. The molecule has 0 spiro atoms. The smallest absolute Gasteiger partial charge is 0.393 e. The number of anilines is 1. The van der Waals surface area contributed by atoms with E-state index in [9.17, 15) is 36.2 Å². The van der Waals surface area contributed by atoms with Crippen LogP contribution in [-0.2, 0) is 0 Å². The van der Waals surface area contributed by atoms with Crippen molar-refractivity contribution >= 4 is 33.2 Å². The van der Waals surface area contributed by atoms with Crippen LogP contribution in [-0.4, -0.2) is 64.9 Å². The van der Waals surface area contributed by atoms with Gasteiger partial charge in [-0.15, -0.1) is 0 Å². The van der Waals surface area contributed by atoms with E-state index in [4.69, 9.17) is 4.42 Å². The molecule has 3 unspecified atom stereocenters. The van der Waals surface area contributed by atoms with Crippen LogP contribution in [0.3, 0.4) is 0 Å². The number of halogens is 7. The molecule has 6 nitrogen and oxygen atoms in total. The lowest BCUT2D eigenvalue weighted by atomic mass is 9.87. The largest absolute Gasteiger partial charge is 0.459 e. The van der Waals surface area contributed by atoms with Gasteiger partial charge in [0.2, 0.25) is 0 Å². The van der Waals surface area contributed by atoms with Crippen LogP contribution in [0.1, 0.15) is 29.0 Å². The number of piperidine rings is 1. The molecular weight excluding hydrogens is 596 g/mol. The van der Waals surface area contributed by atoms with Crippen LogP contribution >= 0.6 is 15.9 Å². The van der Waals surface area contributed by atoms with Crippen LogP contribution in [0.25, 0.3) is 5.70 Å². The molecular formula is C26H26BrF6N3O3. The van der Waals surface area contributed by atoms with Crippen LogP contribution in [0.2, 0.25) is 0 Å². The summed E-state index contributed by atoms with van der Waals surface area (Å²) in [4.78, 5) is 15.3. The quantitative estimate of drug-likeness (QED) is 0.372. The molecule has 0 bridgehead atoms. The van der Waals surface area contributed by atoms with Gasteiger partial charge in [0.05, 0.1) is 30.2 Å². The summed E-state index contributed by atoms with van der Waals surface area (Å²) in [7, 11) is 0. The van der Waals surface area contributed by atoms with E-state index < -0.39 is 61.8 Å². The predicted octanol–water partition coefficient (Wildman–Crippen LogP) is 6.28. The fraction of sp³-hybridized carbons (Fsp3) is 0.423. The third-order valence-electron chi connectivity index (χ3n) is 7.02. The molecule has 39 heavy (non-hydrogen) atoms. The van der Waals surface area contributed by atoms with Crippen molar-refractivity contribution in [1.29, 1.82) is 0 Å². The summed E-state index contributed by atoms with van der Waals surface area (Å²) in [5, 5.41) is 13.3. The first-order chi connectivity index (χ1) is 18.1. The molecule has 1 aromatic heterocycles. The maximum absolute atomic E-state index is 13.6. The molecule has 2 N–H and O–H groups in total. The van der Waals surface area contributed by atoms with E-state index in [0.717, 1.165) is 4.90 Å². The van der Waals surface area contributed by atoms with E-state index in [2.05, 4.69) is 34.4 Å². The monoisotopic (exact) mass is 621 g/mol. The first-order valence-electron chi connectivity index (χ1n) is 12.0. The topological polar surface area (TPSA) is 69.0 Å². The standard InChI is InChI=1S/C26H26BrF6N3O3/c1-14(22-10-19(37)13-36(22)24(38)23-4-3-7-39-23)34-21-6-5-18(27)9-20(21)15(2)35-11-16(25(28,29)30)8-17(12-35)26(31,32)33/h3-7,9,16-17,19,22,34,37H,1-2,8,10-13H2/t16-,17?,19?,22?/m0/s1. The summed E-state index contributed by atoms with van der Waals surface area (Å²) in [5.41, 5.74) is 0.849.